The highest BCUT2D eigenvalue weighted by Gasteiger charge is 2.09. The van der Waals surface area contributed by atoms with Gasteiger partial charge >= 0.3 is 0 Å². The number of aryl methyl sites for hydroxylation is 1. The SMILES string of the molecule is CCc1nnc(C[S@@](=O)Cc2cccc(Br)c2)o1. The van der Waals surface area contributed by atoms with Crippen LogP contribution in [0.4, 0.5) is 0 Å². The molecule has 0 radical (unpaired) electrons. The third-order valence-corrected chi connectivity index (χ3v) is 4.03. The van der Waals surface area contributed by atoms with Crippen molar-refractivity contribution in [3.8, 4) is 0 Å². The highest BCUT2D eigenvalue weighted by Crippen LogP contribution is 2.14. The fourth-order valence-electron chi connectivity index (χ4n) is 1.49. The van der Waals surface area contributed by atoms with E-state index in [1.807, 2.05) is 31.2 Å². The Morgan fingerprint density at radius 3 is 2.72 bits per heavy atom. The molecule has 1 atom stereocenters. The molecule has 0 saturated heterocycles. The summed E-state index contributed by atoms with van der Waals surface area (Å²) in [5.41, 5.74) is 1.03. The maximum Gasteiger partial charge on any atom is 0.229 e. The van der Waals surface area contributed by atoms with Crippen LogP contribution in [-0.2, 0) is 28.7 Å². The Kier molecular flexibility index (Phi) is 4.66. The van der Waals surface area contributed by atoms with E-state index >= 15 is 0 Å². The molecule has 0 aliphatic carbocycles. The van der Waals surface area contributed by atoms with E-state index in [9.17, 15) is 4.21 Å². The van der Waals surface area contributed by atoms with Gasteiger partial charge in [0.2, 0.25) is 11.8 Å². The van der Waals surface area contributed by atoms with Gasteiger partial charge in [0.05, 0.1) is 0 Å². The normalized spacial score (nSPS) is 12.6. The Morgan fingerprint density at radius 1 is 1.28 bits per heavy atom. The average Bonchev–Trinajstić information content (AvgIpc) is 2.76. The van der Waals surface area contributed by atoms with Gasteiger partial charge in [0.15, 0.2) is 0 Å². The first kappa shape index (κ1) is 13.4. The Morgan fingerprint density at radius 2 is 2.06 bits per heavy atom. The van der Waals surface area contributed by atoms with E-state index in [2.05, 4.69) is 26.1 Å². The van der Waals surface area contributed by atoms with Crippen LogP contribution < -0.4 is 0 Å². The van der Waals surface area contributed by atoms with Crippen molar-refractivity contribution in [1.29, 1.82) is 0 Å². The van der Waals surface area contributed by atoms with Gasteiger partial charge in [0, 0.05) is 27.4 Å². The first-order valence-electron chi connectivity index (χ1n) is 5.58. The number of hydrogen-bond acceptors (Lipinski definition) is 4. The Labute approximate surface area is 116 Å². The van der Waals surface area contributed by atoms with Gasteiger partial charge < -0.3 is 4.42 Å². The van der Waals surface area contributed by atoms with Gasteiger partial charge in [-0.2, -0.15) is 0 Å². The maximum absolute atomic E-state index is 12.0. The molecular formula is C12H13BrN2O2S. The minimum absolute atomic E-state index is 0.305. The molecule has 0 amide bonds. The lowest BCUT2D eigenvalue weighted by Crippen LogP contribution is -1.99. The maximum atomic E-state index is 12.0. The van der Waals surface area contributed by atoms with Crippen LogP contribution in [0.2, 0.25) is 0 Å². The van der Waals surface area contributed by atoms with E-state index in [0.717, 1.165) is 10.0 Å². The molecule has 0 spiro atoms. The van der Waals surface area contributed by atoms with Crippen molar-refractivity contribution in [3.05, 3.63) is 46.1 Å². The summed E-state index contributed by atoms with van der Waals surface area (Å²) < 4.78 is 18.3. The summed E-state index contributed by atoms with van der Waals surface area (Å²) in [7, 11) is -1.04. The monoisotopic (exact) mass is 328 g/mol. The molecule has 0 N–H and O–H groups in total. The van der Waals surface area contributed by atoms with Gasteiger partial charge in [-0.05, 0) is 17.7 Å². The molecule has 6 heteroatoms. The van der Waals surface area contributed by atoms with Crippen LogP contribution in [0.15, 0.2) is 33.2 Å². The van der Waals surface area contributed by atoms with Crippen LogP contribution in [0.1, 0.15) is 24.3 Å². The minimum Gasteiger partial charge on any atom is -0.424 e. The molecule has 2 rings (SSSR count). The number of halogens is 1. The molecule has 18 heavy (non-hydrogen) atoms. The van der Waals surface area contributed by atoms with Crippen molar-refractivity contribution >= 4 is 26.7 Å². The molecule has 1 aromatic carbocycles. The van der Waals surface area contributed by atoms with Gasteiger partial charge in [-0.15, -0.1) is 10.2 Å². The molecule has 0 fully saturated rings. The molecule has 1 heterocycles. The Hall–Kier alpha value is -1.01. The highest BCUT2D eigenvalue weighted by molar-refractivity contribution is 9.10. The van der Waals surface area contributed by atoms with Crippen molar-refractivity contribution in [2.45, 2.75) is 24.9 Å². The predicted octanol–water partition coefficient (Wildman–Crippen LogP) is 2.84. The van der Waals surface area contributed by atoms with Gasteiger partial charge in [-0.1, -0.05) is 35.0 Å². The van der Waals surface area contributed by atoms with Gasteiger partial charge in [0.1, 0.15) is 5.75 Å². The summed E-state index contributed by atoms with van der Waals surface area (Å²) in [6, 6.07) is 7.79. The lowest BCUT2D eigenvalue weighted by Gasteiger charge is -2.00. The Balaban J connectivity index is 1.96. The fourth-order valence-corrected chi connectivity index (χ4v) is 2.98. The third-order valence-electron chi connectivity index (χ3n) is 2.31. The summed E-state index contributed by atoms with van der Waals surface area (Å²) in [5, 5.41) is 7.72. The average molecular weight is 329 g/mol. The second-order valence-electron chi connectivity index (χ2n) is 3.80. The minimum atomic E-state index is -1.04. The summed E-state index contributed by atoms with van der Waals surface area (Å²) in [6.07, 6.45) is 0.700. The van der Waals surface area contributed by atoms with E-state index in [1.165, 1.54) is 0 Å². The third kappa shape index (κ3) is 3.74. The molecule has 1 aromatic heterocycles. The standard InChI is InChI=1S/C12H13BrN2O2S/c1-2-11-14-15-12(17-11)8-18(16)7-9-4-3-5-10(13)6-9/h3-6H,2,7-8H2,1H3/t18-/m0/s1. The lowest BCUT2D eigenvalue weighted by atomic mass is 10.2. The second kappa shape index (κ2) is 6.24. The zero-order chi connectivity index (χ0) is 13.0. The molecule has 4 nitrogen and oxygen atoms in total. The molecule has 0 saturated carbocycles. The van der Waals surface area contributed by atoms with Gasteiger partial charge in [-0.3, -0.25) is 4.21 Å². The second-order valence-corrected chi connectivity index (χ2v) is 6.17. The van der Waals surface area contributed by atoms with Crippen LogP contribution in [0.5, 0.6) is 0 Å². The van der Waals surface area contributed by atoms with Crippen LogP contribution in [0.3, 0.4) is 0 Å². The van der Waals surface area contributed by atoms with Gasteiger partial charge in [0.25, 0.3) is 0 Å². The number of hydrogen-bond donors (Lipinski definition) is 0. The van der Waals surface area contributed by atoms with Crippen molar-refractivity contribution in [3.63, 3.8) is 0 Å². The number of benzene rings is 1. The number of aromatic nitrogens is 2. The van der Waals surface area contributed by atoms with Gasteiger partial charge in [-0.25, -0.2) is 0 Å². The summed E-state index contributed by atoms with van der Waals surface area (Å²) in [4.78, 5) is 0. The van der Waals surface area contributed by atoms with E-state index in [-0.39, 0.29) is 0 Å². The number of rotatable bonds is 5. The van der Waals surface area contributed by atoms with E-state index in [1.54, 1.807) is 0 Å². The zero-order valence-electron chi connectivity index (χ0n) is 9.93. The number of nitrogens with zero attached hydrogens (tertiary/aromatic N) is 2. The molecule has 96 valence electrons. The Bertz CT molecular complexity index is 557. The van der Waals surface area contributed by atoms with Crippen LogP contribution >= 0.6 is 15.9 Å². The summed E-state index contributed by atoms with van der Waals surface area (Å²) >= 11 is 3.39. The van der Waals surface area contributed by atoms with E-state index in [4.69, 9.17) is 4.42 Å². The fraction of sp³-hybridized carbons (Fsp3) is 0.333. The summed E-state index contributed by atoms with van der Waals surface area (Å²) in [5.74, 6) is 1.83. The lowest BCUT2D eigenvalue weighted by molar-refractivity contribution is 0.468. The van der Waals surface area contributed by atoms with E-state index < -0.39 is 10.8 Å². The largest absolute Gasteiger partial charge is 0.424 e. The van der Waals surface area contributed by atoms with Crippen LogP contribution in [0, 0.1) is 0 Å². The molecule has 0 unspecified atom stereocenters. The zero-order valence-corrected chi connectivity index (χ0v) is 12.3. The smallest absolute Gasteiger partial charge is 0.229 e. The topological polar surface area (TPSA) is 56.0 Å². The summed E-state index contributed by atoms with van der Waals surface area (Å²) in [6.45, 7) is 1.94. The first-order valence-corrected chi connectivity index (χ1v) is 7.86. The highest BCUT2D eigenvalue weighted by atomic mass is 79.9. The van der Waals surface area contributed by atoms with Crippen molar-refractivity contribution in [1.82, 2.24) is 10.2 Å². The van der Waals surface area contributed by atoms with Crippen molar-refractivity contribution in [2.24, 2.45) is 0 Å². The van der Waals surface area contributed by atoms with Crippen LogP contribution in [0.25, 0.3) is 0 Å². The van der Waals surface area contributed by atoms with Crippen molar-refractivity contribution in [2.75, 3.05) is 0 Å². The predicted molar refractivity (Wildman–Crippen MR) is 73.4 cm³/mol. The van der Waals surface area contributed by atoms with Crippen LogP contribution in [-0.4, -0.2) is 14.4 Å². The molecule has 0 aliphatic heterocycles. The van der Waals surface area contributed by atoms with Crippen molar-refractivity contribution < 1.29 is 8.63 Å². The molecule has 2 aromatic rings. The molecule has 0 aliphatic rings. The molecule has 0 bridgehead atoms. The quantitative estimate of drug-likeness (QED) is 0.846. The first-order chi connectivity index (χ1) is 8.67. The van der Waals surface area contributed by atoms with E-state index in [0.29, 0.717) is 29.7 Å². The molecular weight excluding hydrogens is 316 g/mol.